The van der Waals surface area contributed by atoms with E-state index < -0.39 is 35.5 Å². The van der Waals surface area contributed by atoms with Crippen LogP contribution in [-0.4, -0.2) is 34.8 Å². The fourth-order valence-corrected chi connectivity index (χ4v) is 3.28. The SMILES string of the molecule is Cc1ccc([C@@]2(C)NC(=O)N(CC(=O)N[C@@](C)(C#N)C3CC3)C2=O)cc1. The highest BCUT2D eigenvalue weighted by molar-refractivity contribution is 6.09. The van der Waals surface area contributed by atoms with Crippen LogP contribution < -0.4 is 10.6 Å². The first-order valence-corrected chi connectivity index (χ1v) is 8.63. The summed E-state index contributed by atoms with van der Waals surface area (Å²) < 4.78 is 0. The van der Waals surface area contributed by atoms with E-state index in [0.29, 0.717) is 5.56 Å². The lowest BCUT2D eigenvalue weighted by Crippen LogP contribution is -2.51. The third-order valence-electron chi connectivity index (χ3n) is 5.23. The molecule has 1 aromatic carbocycles. The Kier molecular flexibility index (Phi) is 4.23. The summed E-state index contributed by atoms with van der Waals surface area (Å²) in [5.74, 6) is -0.874. The van der Waals surface area contributed by atoms with Gasteiger partial charge in [0.1, 0.15) is 17.6 Å². The Morgan fingerprint density at radius 2 is 2.00 bits per heavy atom. The molecule has 1 aliphatic heterocycles. The molecule has 26 heavy (non-hydrogen) atoms. The molecule has 1 saturated heterocycles. The molecule has 3 rings (SSSR count). The zero-order chi connectivity index (χ0) is 19.1. The highest BCUT2D eigenvalue weighted by Gasteiger charge is 2.50. The number of hydrogen-bond acceptors (Lipinski definition) is 4. The van der Waals surface area contributed by atoms with Crippen molar-refractivity contribution in [3.63, 3.8) is 0 Å². The average Bonchev–Trinajstić information content (AvgIpc) is 3.42. The lowest BCUT2D eigenvalue weighted by molar-refractivity contribution is -0.135. The van der Waals surface area contributed by atoms with Crippen molar-refractivity contribution in [3.05, 3.63) is 35.4 Å². The van der Waals surface area contributed by atoms with Crippen LogP contribution in [0.1, 0.15) is 37.8 Å². The average molecular weight is 354 g/mol. The predicted octanol–water partition coefficient (Wildman–Crippen LogP) is 1.57. The normalized spacial score (nSPS) is 24.6. The van der Waals surface area contributed by atoms with Crippen molar-refractivity contribution in [2.75, 3.05) is 6.54 Å². The highest BCUT2D eigenvalue weighted by atomic mass is 16.2. The predicted molar refractivity (Wildman–Crippen MR) is 93.7 cm³/mol. The van der Waals surface area contributed by atoms with E-state index in [2.05, 4.69) is 16.7 Å². The van der Waals surface area contributed by atoms with Gasteiger partial charge in [0.05, 0.1) is 6.07 Å². The maximum absolute atomic E-state index is 12.8. The molecule has 0 radical (unpaired) electrons. The van der Waals surface area contributed by atoms with Crippen LogP contribution in [0.25, 0.3) is 0 Å². The van der Waals surface area contributed by atoms with E-state index in [-0.39, 0.29) is 5.92 Å². The van der Waals surface area contributed by atoms with E-state index in [0.717, 1.165) is 23.3 Å². The van der Waals surface area contributed by atoms with Gasteiger partial charge in [-0.15, -0.1) is 0 Å². The van der Waals surface area contributed by atoms with Crippen molar-refractivity contribution in [3.8, 4) is 6.07 Å². The van der Waals surface area contributed by atoms with E-state index in [1.165, 1.54) is 0 Å². The minimum Gasteiger partial charge on any atom is -0.336 e. The zero-order valence-electron chi connectivity index (χ0n) is 15.1. The smallest absolute Gasteiger partial charge is 0.325 e. The second-order valence-corrected chi connectivity index (χ2v) is 7.45. The second kappa shape index (κ2) is 6.13. The number of urea groups is 1. The number of amides is 4. The number of nitrogens with one attached hydrogen (secondary N) is 2. The molecule has 2 atom stereocenters. The number of carbonyl (C=O) groups excluding carboxylic acids is 3. The van der Waals surface area contributed by atoms with E-state index in [1.54, 1.807) is 26.0 Å². The van der Waals surface area contributed by atoms with Crippen LogP contribution in [0, 0.1) is 24.2 Å². The summed E-state index contributed by atoms with van der Waals surface area (Å²) in [6.07, 6.45) is 1.78. The zero-order valence-corrected chi connectivity index (χ0v) is 15.1. The maximum Gasteiger partial charge on any atom is 0.325 e. The van der Waals surface area contributed by atoms with Crippen LogP contribution in [0.3, 0.4) is 0 Å². The number of aryl methyl sites for hydroxylation is 1. The Labute approximate surface area is 152 Å². The molecule has 1 saturated carbocycles. The summed E-state index contributed by atoms with van der Waals surface area (Å²) in [6, 6.07) is 8.82. The Morgan fingerprint density at radius 3 is 2.54 bits per heavy atom. The Balaban J connectivity index is 1.74. The quantitative estimate of drug-likeness (QED) is 0.784. The number of nitrogens with zero attached hydrogens (tertiary/aromatic N) is 2. The first-order chi connectivity index (χ1) is 12.2. The fraction of sp³-hybridized carbons (Fsp3) is 0.474. The molecule has 0 aromatic heterocycles. The van der Waals surface area contributed by atoms with Gasteiger partial charge in [-0.1, -0.05) is 29.8 Å². The summed E-state index contributed by atoms with van der Waals surface area (Å²) in [5, 5.41) is 14.7. The molecule has 2 N–H and O–H groups in total. The highest BCUT2D eigenvalue weighted by Crippen LogP contribution is 2.39. The molecule has 1 aliphatic carbocycles. The molecule has 136 valence electrons. The van der Waals surface area contributed by atoms with Gasteiger partial charge in [-0.3, -0.25) is 14.5 Å². The number of nitriles is 1. The molecule has 4 amide bonds. The molecule has 0 bridgehead atoms. The minimum absolute atomic E-state index is 0.123. The molecule has 0 unspecified atom stereocenters. The van der Waals surface area contributed by atoms with Gasteiger partial charge in [0.2, 0.25) is 5.91 Å². The summed E-state index contributed by atoms with van der Waals surface area (Å²) in [4.78, 5) is 38.4. The van der Waals surface area contributed by atoms with Crippen LogP contribution in [0.2, 0.25) is 0 Å². The fourth-order valence-electron chi connectivity index (χ4n) is 3.28. The van der Waals surface area contributed by atoms with Gasteiger partial charge >= 0.3 is 6.03 Å². The van der Waals surface area contributed by atoms with Gasteiger partial charge in [0.25, 0.3) is 5.91 Å². The standard InChI is InChI=1S/C19H22N4O3/c1-12-4-6-14(7-5-12)19(3)16(25)23(17(26)22-19)10-15(24)21-18(2,11-20)13-8-9-13/h4-7,13H,8-10H2,1-3H3,(H,21,24)(H,22,26)/t18-,19+/m0/s1. The number of carbonyl (C=O) groups is 3. The van der Waals surface area contributed by atoms with Crippen molar-refractivity contribution in [1.82, 2.24) is 15.5 Å². The van der Waals surface area contributed by atoms with Gasteiger partial charge in [-0.2, -0.15) is 5.26 Å². The number of benzene rings is 1. The molecular weight excluding hydrogens is 332 g/mol. The van der Waals surface area contributed by atoms with Crippen LogP contribution in [0.5, 0.6) is 0 Å². The Morgan fingerprint density at radius 1 is 1.38 bits per heavy atom. The molecule has 7 nitrogen and oxygen atoms in total. The molecular formula is C19H22N4O3. The molecule has 1 heterocycles. The third-order valence-corrected chi connectivity index (χ3v) is 5.23. The minimum atomic E-state index is -1.21. The lowest BCUT2D eigenvalue weighted by Gasteiger charge is -2.25. The Hall–Kier alpha value is -2.88. The van der Waals surface area contributed by atoms with E-state index >= 15 is 0 Å². The van der Waals surface area contributed by atoms with E-state index in [1.807, 2.05) is 19.1 Å². The van der Waals surface area contributed by atoms with Crippen molar-refractivity contribution in [2.45, 2.75) is 44.7 Å². The van der Waals surface area contributed by atoms with Crippen molar-refractivity contribution < 1.29 is 14.4 Å². The van der Waals surface area contributed by atoms with E-state index in [9.17, 15) is 19.6 Å². The monoisotopic (exact) mass is 354 g/mol. The van der Waals surface area contributed by atoms with Crippen LogP contribution in [0.4, 0.5) is 4.79 Å². The summed E-state index contributed by atoms with van der Waals surface area (Å²) in [7, 11) is 0. The third kappa shape index (κ3) is 3.03. The largest absolute Gasteiger partial charge is 0.336 e. The summed E-state index contributed by atoms with van der Waals surface area (Å²) in [6.45, 7) is 4.82. The van der Waals surface area contributed by atoms with Crippen molar-refractivity contribution in [2.24, 2.45) is 5.92 Å². The van der Waals surface area contributed by atoms with Gasteiger partial charge in [-0.25, -0.2) is 4.79 Å². The van der Waals surface area contributed by atoms with Crippen molar-refractivity contribution >= 4 is 17.8 Å². The topological polar surface area (TPSA) is 102 Å². The molecule has 2 aliphatic rings. The first kappa shape index (κ1) is 17.9. The maximum atomic E-state index is 12.8. The molecule has 7 heteroatoms. The lowest BCUT2D eigenvalue weighted by atomic mass is 9.91. The van der Waals surface area contributed by atoms with E-state index in [4.69, 9.17) is 0 Å². The van der Waals surface area contributed by atoms with Crippen molar-refractivity contribution in [1.29, 1.82) is 5.26 Å². The van der Waals surface area contributed by atoms with Gasteiger partial charge < -0.3 is 10.6 Å². The van der Waals surface area contributed by atoms with Crippen LogP contribution in [-0.2, 0) is 15.1 Å². The van der Waals surface area contributed by atoms with Gasteiger partial charge in [0.15, 0.2) is 0 Å². The van der Waals surface area contributed by atoms with Crippen LogP contribution in [0.15, 0.2) is 24.3 Å². The second-order valence-electron chi connectivity index (χ2n) is 7.45. The summed E-state index contributed by atoms with van der Waals surface area (Å²) in [5.41, 5.74) is -0.470. The Bertz CT molecular complexity index is 809. The number of imide groups is 1. The molecule has 0 spiro atoms. The number of rotatable bonds is 5. The van der Waals surface area contributed by atoms with Crippen LogP contribution >= 0.6 is 0 Å². The molecule has 1 aromatic rings. The summed E-state index contributed by atoms with van der Waals surface area (Å²) >= 11 is 0. The van der Waals surface area contributed by atoms with Gasteiger partial charge in [0, 0.05) is 0 Å². The first-order valence-electron chi connectivity index (χ1n) is 8.63. The number of hydrogen-bond donors (Lipinski definition) is 2. The van der Waals surface area contributed by atoms with Gasteiger partial charge in [-0.05, 0) is 45.1 Å². The molecule has 2 fully saturated rings.